The van der Waals surface area contributed by atoms with Crippen LogP contribution in [0.2, 0.25) is 0 Å². The zero-order valence-corrected chi connectivity index (χ0v) is 18.3. The van der Waals surface area contributed by atoms with Gasteiger partial charge in [0.1, 0.15) is 11.3 Å². The number of anilines is 1. The molecule has 2 aliphatic heterocycles. The molecule has 32 heavy (non-hydrogen) atoms. The molecular weight excluding hydrogens is 411 g/mol. The molecule has 9 heteroatoms. The monoisotopic (exact) mass is 438 g/mol. The first-order chi connectivity index (χ1) is 15.5. The first kappa shape index (κ1) is 20.7. The van der Waals surface area contributed by atoms with Crippen LogP contribution in [0.4, 0.5) is 10.1 Å². The molecule has 3 aromatic rings. The molecule has 5 rings (SSSR count). The molecule has 0 spiro atoms. The lowest BCUT2D eigenvalue weighted by Gasteiger charge is -2.42. The number of halogens is 1. The van der Waals surface area contributed by atoms with Crippen molar-refractivity contribution in [3.05, 3.63) is 63.7 Å². The average molecular weight is 439 g/mol. The number of hydrogen-bond donors (Lipinski definition) is 2. The highest BCUT2D eigenvalue weighted by Crippen LogP contribution is 2.35. The SMILES string of the molecule is CCc1cn2ccc(CN3C4CCC3CN(c3ccc(C(=O)NC)nc3F)C4)c2[nH]c1=O. The van der Waals surface area contributed by atoms with Gasteiger partial charge in [-0.2, -0.15) is 4.39 Å². The molecule has 2 fully saturated rings. The summed E-state index contributed by atoms with van der Waals surface area (Å²) in [5, 5.41) is 2.47. The van der Waals surface area contributed by atoms with Gasteiger partial charge in [-0.25, -0.2) is 4.98 Å². The average Bonchev–Trinajstić information content (AvgIpc) is 3.28. The van der Waals surface area contributed by atoms with E-state index in [2.05, 4.69) is 26.3 Å². The van der Waals surface area contributed by atoms with Crippen LogP contribution in [-0.2, 0) is 13.0 Å². The Kier molecular flexibility index (Phi) is 5.21. The molecule has 2 N–H and O–H groups in total. The van der Waals surface area contributed by atoms with Crippen LogP contribution in [0.3, 0.4) is 0 Å². The topological polar surface area (TPSA) is 85.7 Å². The van der Waals surface area contributed by atoms with Gasteiger partial charge in [-0.3, -0.25) is 14.5 Å². The van der Waals surface area contributed by atoms with E-state index in [9.17, 15) is 14.0 Å². The number of nitrogens with zero attached hydrogens (tertiary/aromatic N) is 4. The molecule has 3 aromatic heterocycles. The summed E-state index contributed by atoms with van der Waals surface area (Å²) in [5.41, 5.74) is 3.20. The summed E-state index contributed by atoms with van der Waals surface area (Å²) < 4.78 is 16.7. The fraction of sp³-hybridized carbons (Fsp3) is 0.435. The molecule has 168 valence electrons. The summed E-state index contributed by atoms with van der Waals surface area (Å²) in [6.07, 6.45) is 6.69. The van der Waals surface area contributed by atoms with Gasteiger partial charge >= 0.3 is 0 Å². The molecule has 0 radical (unpaired) electrons. The number of aryl methyl sites for hydroxylation is 1. The molecular formula is C23H27FN6O2. The minimum Gasteiger partial charge on any atom is -0.365 e. The maximum absolute atomic E-state index is 14.7. The van der Waals surface area contributed by atoms with E-state index in [1.807, 2.05) is 28.6 Å². The molecule has 2 aliphatic rings. The maximum Gasteiger partial charge on any atom is 0.269 e. The number of amides is 1. The lowest BCUT2D eigenvalue weighted by Crippen LogP contribution is -2.53. The summed E-state index contributed by atoms with van der Waals surface area (Å²) in [4.78, 5) is 35.4. The first-order valence-electron chi connectivity index (χ1n) is 11.1. The van der Waals surface area contributed by atoms with Crippen LogP contribution in [0.25, 0.3) is 5.65 Å². The van der Waals surface area contributed by atoms with Crippen molar-refractivity contribution < 1.29 is 9.18 Å². The van der Waals surface area contributed by atoms with E-state index in [4.69, 9.17) is 0 Å². The van der Waals surface area contributed by atoms with Gasteiger partial charge in [0.25, 0.3) is 11.5 Å². The largest absolute Gasteiger partial charge is 0.365 e. The van der Waals surface area contributed by atoms with Crippen molar-refractivity contribution in [2.45, 2.75) is 44.8 Å². The molecule has 1 amide bonds. The van der Waals surface area contributed by atoms with Gasteiger partial charge in [-0.1, -0.05) is 6.92 Å². The third-order valence-electron chi connectivity index (χ3n) is 6.81. The summed E-state index contributed by atoms with van der Waals surface area (Å²) in [7, 11) is 1.50. The quantitative estimate of drug-likeness (QED) is 0.595. The zero-order valence-electron chi connectivity index (χ0n) is 18.3. The van der Waals surface area contributed by atoms with Gasteiger partial charge in [0.05, 0.1) is 5.69 Å². The number of aromatic nitrogens is 3. The van der Waals surface area contributed by atoms with Crippen LogP contribution in [0.1, 0.15) is 41.4 Å². The van der Waals surface area contributed by atoms with Crippen molar-refractivity contribution in [3.63, 3.8) is 0 Å². The molecule has 0 aliphatic carbocycles. The van der Waals surface area contributed by atoms with Crippen LogP contribution in [-0.4, -0.2) is 57.4 Å². The Labute approximate surface area is 185 Å². The van der Waals surface area contributed by atoms with Crippen molar-refractivity contribution in [2.24, 2.45) is 0 Å². The Morgan fingerprint density at radius 2 is 1.97 bits per heavy atom. The van der Waals surface area contributed by atoms with Crippen molar-refractivity contribution in [2.75, 3.05) is 25.0 Å². The van der Waals surface area contributed by atoms with Crippen LogP contribution >= 0.6 is 0 Å². The normalized spacial score (nSPS) is 20.8. The summed E-state index contributed by atoms with van der Waals surface area (Å²) in [6, 6.07) is 5.88. The van der Waals surface area contributed by atoms with Crippen LogP contribution in [0.5, 0.6) is 0 Å². The molecule has 2 saturated heterocycles. The number of rotatable bonds is 5. The van der Waals surface area contributed by atoms with Gasteiger partial charge in [0, 0.05) is 62.3 Å². The molecule has 0 saturated carbocycles. The Balaban J connectivity index is 1.35. The van der Waals surface area contributed by atoms with Gasteiger partial charge in [-0.15, -0.1) is 0 Å². The van der Waals surface area contributed by atoms with Crippen molar-refractivity contribution >= 4 is 17.2 Å². The van der Waals surface area contributed by atoms with E-state index < -0.39 is 11.9 Å². The molecule has 5 heterocycles. The van der Waals surface area contributed by atoms with E-state index in [0.29, 0.717) is 37.3 Å². The predicted octanol–water partition coefficient (Wildman–Crippen LogP) is 1.94. The smallest absolute Gasteiger partial charge is 0.269 e. The highest BCUT2D eigenvalue weighted by molar-refractivity contribution is 5.92. The van der Waals surface area contributed by atoms with E-state index in [1.54, 1.807) is 12.1 Å². The predicted molar refractivity (Wildman–Crippen MR) is 120 cm³/mol. The molecule has 0 aromatic carbocycles. The number of hydrogen-bond acceptors (Lipinski definition) is 5. The number of pyridine rings is 1. The second-order valence-corrected chi connectivity index (χ2v) is 8.61. The molecule has 2 bridgehead atoms. The molecule has 2 atom stereocenters. The third-order valence-corrected chi connectivity index (χ3v) is 6.81. The van der Waals surface area contributed by atoms with E-state index in [0.717, 1.165) is 36.2 Å². The fourth-order valence-electron chi connectivity index (χ4n) is 5.09. The third kappa shape index (κ3) is 3.46. The van der Waals surface area contributed by atoms with Gasteiger partial charge in [0.15, 0.2) is 0 Å². The van der Waals surface area contributed by atoms with Crippen molar-refractivity contribution in [1.29, 1.82) is 0 Å². The lowest BCUT2D eigenvalue weighted by atomic mass is 10.1. The molecule has 2 unspecified atom stereocenters. The highest BCUT2D eigenvalue weighted by Gasteiger charge is 2.40. The lowest BCUT2D eigenvalue weighted by molar-refractivity contribution is 0.0957. The Bertz CT molecular complexity index is 1220. The van der Waals surface area contributed by atoms with Gasteiger partial charge in [-0.05, 0) is 37.5 Å². The van der Waals surface area contributed by atoms with Crippen LogP contribution in [0, 0.1) is 5.95 Å². The number of piperazine rings is 1. The molecule has 8 nitrogen and oxygen atoms in total. The second-order valence-electron chi connectivity index (χ2n) is 8.61. The number of nitrogens with one attached hydrogen (secondary N) is 2. The van der Waals surface area contributed by atoms with E-state index in [-0.39, 0.29) is 11.3 Å². The summed E-state index contributed by atoms with van der Waals surface area (Å²) >= 11 is 0. The van der Waals surface area contributed by atoms with Crippen LogP contribution in [0.15, 0.2) is 35.4 Å². The van der Waals surface area contributed by atoms with E-state index >= 15 is 0 Å². The Morgan fingerprint density at radius 3 is 2.62 bits per heavy atom. The minimum absolute atomic E-state index is 0.0316. The number of aromatic amines is 1. The zero-order chi connectivity index (χ0) is 22.4. The number of fused-ring (bicyclic) bond motifs is 3. The van der Waals surface area contributed by atoms with Gasteiger partial charge in [0.2, 0.25) is 5.95 Å². The number of carbonyl (C=O) groups is 1. The Morgan fingerprint density at radius 1 is 1.22 bits per heavy atom. The summed E-state index contributed by atoms with van der Waals surface area (Å²) in [5.74, 6) is -1.01. The second kappa shape index (κ2) is 8.05. The first-order valence-corrected chi connectivity index (χ1v) is 11.1. The van der Waals surface area contributed by atoms with Crippen LogP contribution < -0.4 is 15.8 Å². The highest BCUT2D eigenvalue weighted by atomic mass is 19.1. The number of carbonyl (C=O) groups excluding carboxylic acids is 1. The van der Waals surface area contributed by atoms with Crippen molar-refractivity contribution in [1.82, 2.24) is 24.6 Å². The van der Waals surface area contributed by atoms with E-state index in [1.165, 1.54) is 7.05 Å². The minimum atomic E-state index is -0.610. The fourth-order valence-corrected chi connectivity index (χ4v) is 5.09. The van der Waals surface area contributed by atoms with Crippen molar-refractivity contribution in [3.8, 4) is 0 Å². The Hall–Kier alpha value is -3.20. The maximum atomic E-state index is 14.7. The summed E-state index contributed by atoms with van der Waals surface area (Å²) in [6.45, 7) is 4.13. The van der Waals surface area contributed by atoms with Gasteiger partial charge < -0.3 is 19.6 Å². The standard InChI is InChI=1S/C23H27FN6O2/c1-3-14-10-28-9-8-15(21(28)27-22(14)31)11-30-16-4-5-17(30)13-29(12-16)19-7-6-18(23(32)25-2)26-20(19)24/h6-10,16-17H,3-5,11-13H2,1-2H3,(H,25,32)(H,27,31). The number of H-pyrrole nitrogens is 1.